The van der Waals surface area contributed by atoms with Crippen LogP contribution in [0.3, 0.4) is 0 Å². The molecule has 1 aliphatic heterocycles. The van der Waals surface area contributed by atoms with Crippen LogP contribution < -0.4 is 10.6 Å². The molecule has 3 heterocycles. The summed E-state index contributed by atoms with van der Waals surface area (Å²) in [6.07, 6.45) is 2.09. The molecule has 1 fully saturated rings. The van der Waals surface area contributed by atoms with E-state index in [-0.39, 0.29) is 5.91 Å². The SMILES string of the molecule is Cc1ccsc1C(=O)Nc1nc(C2CCNCC2)nn1C. The molecule has 21 heavy (non-hydrogen) atoms. The highest BCUT2D eigenvalue weighted by Crippen LogP contribution is 2.24. The Kier molecular flexibility index (Phi) is 4.03. The molecule has 1 amide bonds. The first-order chi connectivity index (χ1) is 10.1. The minimum atomic E-state index is -0.116. The van der Waals surface area contributed by atoms with E-state index in [1.54, 1.807) is 4.68 Å². The first kappa shape index (κ1) is 14.2. The van der Waals surface area contributed by atoms with Crippen molar-refractivity contribution in [1.29, 1.82) is 0 Å². The van der Waals surface area contributed by atoms with Crippen molar-refractivity contribution in [3.8, 4) is 0 Å². The molecule has 0 radical (unpaired) electrons. The van der Waals surface area contributed by atoms with Crippen molar-refractivity contribution in [2.24, 2.45) is 7.05 Å². The molecule has 2 aromatic rings. The molecule has 0 unspecified atom stereocenters. The van der Waals surface area contributed by atoms with Crippen molar-refractivity contribution in [3.05, 3.63) is 27.7 Å². The van der Waals surface area contributed by atoms with Crippen molar-refractivity contribution in [2.75, 3.05) is 18.4 Å². The molecular formula is C14H19N5OS. The summed E-state index contributed by atoms with van der Waals surface area (Å²) in [6, 6.07) is 1.94. The molecule has 112 valence electrons. The Morgan fingerprint density at radius 1 is 1.48 bits per heavy atom. The first-order valence-electron chi connectivity index (χ1n) is 7.12. The lowest BCUT2D eigenvalue weighted by Crippen LogP contribution is -2.27. The number of carbonyl (C=O) groups excluding carboxylic acids is 1. The Morgan fingerprint density at radius 2 is 2.24 bits per heavy atom. The highest BCUT2D eigenvalue weighted by molar-refractivity contribution is 7.12. The van der Waals surface area contributed by atoms with E-state index >= 15 is 0 Å². The molecule has 6 nitrogen and oxygen atoms in total. The Morgan fingerprint density at radius 3 is 2.90 bits per heavy atom. The number of rotatable bonds is 3. The monoisotopic (exact) mass is 305 g/mol. The number of hydrogen-bond donors (Lipinski definition) is 2. The number of thiophene rings is 1. The van der Waals surface area contributed by atoms with Crippen molar-refractivity contribution in [1.82, 2.24) is 20.1 Å². The van der Waals surface area contributed by atoms with E-state index in [2.05, 4.69) is 20.7 Å². The fraction of sp³-hybridized carbons (Fsp3) is 0.500. The summed E-state index contributed by atoms with van der Waals surface area (Å²) in [5.41, 5.74) is 0.984. The second-order valence-corrected chi connectivity index (χ2v) is 6.24. The summed E-state index contributed by atoms with van der Waals surface area (Å²) in [5, 5.41) is 12.6. The summed E-state index contributed by atoms with van der Waals surface area (Å²) >= 11 is 1.44. The Bertz CT molecular complexity index is 642. The molecule has 1 aliphatic rings. The highest BCUT2D eigenvalue weighted by Gasteiger charge is 2.22. The van der Waals surface area contributed by atoms with Crippen LogP contribution in [-0.4, -0.2) is 33.8 Å². The second kappa shape index (κ2) is 5.95. The second-order valence-electron chi connectivity index (χ2n) is 5.33. The van der Waals surface area contributed by atoms with Crippen LogP contribution in [0.15, 0.2) is 11.4 Å². The fourth-order valence-electron chi connectivity index (χ4n) is 2.53. The van der Waals surface area contributed by atoms with Crippen LogP contribution in [0.5, 0.6) is 0 Å². The van der Waals surface area contributed by atoms with E-state index in [1.807, 2.05) is 25.4 Å². The van der Waals surface area contributed by atoms with Gasteiger partial charge in [-0.1, -0.05) is 0 Å². The van der Waals surface area contributed by atoms with Crippen molar-refractivity contribution < 1.29 is 4.79 Å². The minimum absolute atomic E-state index is 0.116. The first-order valence-corrected chi connectivity index (χ1v) is 8.00. The number of hydrogen-bond acceptors (Lipinski definition) is 5. The van der Waals surface area contributed by atoms with Crippen LogP contribution in [-0.2, 0) is 7.05 Å². The largest absolute Gasteiger partial charge is 0.317 e. The maximum Gasteiger partial charge on any atom is 0.268 e. The Balaban J connectivity index is 1.75. The molecular weight excluding hydrogens is 286 g/mol. The predicted octanol–water partition coefficient (Wildman–Crippen LogP) is 1.90. The third kappa shape index (κ3) is 2.98. The smallest absolute Gasteiger partial charge is 0.268 e. The van der Waals surface area contributed by atoms with Gasteiger partial charge in [0.1, 0.15) is 0 Å². The maximum atomic E-state index is 12.2. The average molecular weight is 305 g/mol. The zero-order chi connectivity index (χ0) is 14.8. The number of nitrogens with one attached hydrogen (secondary N) is 2. The van der Waals surface area contributed by atoms with Gasteiger partial charge in [0.2, 0.25) is 5.95 Å². The summed E-state index contributed by atoms with van der Waals surface area (Å²) in [7, 11) is 1.81. The Labute approximate surface area is 127 Å². The van der Waals surface area contributed by atoms with Gasteiger partial charge < -0.3 is 5.32 Å². The van der Waals surface area contributed by atoms with Crippen LogP contribution in [0.1, 0.15) is 39.8 Å². The van der Waals surface area contributed by atoms with Crippen LogP contribution in [0.2, 0.25) is 0 Å². The van der Waals surface area contributed by atoms with E-state index in [0.29, 0.717) is 11.9 Å². The molecule has 0 bridgehead atoms. The maximum absolute atomic E-state index is 12.2. The number of piperidine rings is 1. The predicted molar refractivity (Wildman–Crippen MR) is 82.9 cm³/mol. The molecule has 0 spiro atoms. The van der Waals surface area contributed by atoms with Crippen LogP contribution in [0, 0.1) is 6.92 Å². The van der Waals surface area contributed by atoms with Crippen molar-refractivity contribution >= 4 is 23.2 Å². The van der Waals surface area contributed by atoms with Gasteiger partial charge in [-0.3, -0.25) is 10.1 Å². The van der Waals surface area contributed by atoms with Crippen LogP contribution in [0.4, 0.5) is 5.95 Å². The number of aromatic nitrogens is 3. The number of nitrogens with zero attached hydrogens (tertiary/aromatic N) is 3. The third-order valence-corrected chi connectivity index (χ3v) is 4.79. The number of anilines is 1. The molecule has 0 aliphatic carbocycles. The summed E-state index contributed by atoms with van der Waals surface area (Å²) in [5.74, 6) is 1.61. The standard InChI is InChI=1S/C14H19N5OS/c1-9-5-8-21-11(9)13(20)17-14-16-12(18-19(14)2)10-3-6-15-7-4-10/h5,8,10,15H,3-4,6-7H2,1-2H3,(H,16,17,18,20). The summed E-state index contributed by atoms with van der Waals surface area (Å²) in [4.78, 5) is 17.5. The van der Waals surface area contributed by atoms with E-state index in [4.69, 9.17) is 0 Å². The van der Waals surface area contributed by atoms with Gasteiger partial charge in [0.15, 0.2) is 5.82 Å². The zero-order valence-corrected chi connectivity index (χ0v) is 13.0. The van der Waals surface area contributed by atoms with E-state index in [0.717, 1.165) is 42.2 Å². The number of aryl methyl sites for hydroxylation is 2. The lowest BCUT2D eigenvalue weighted by Gasteiger charge is -2.19. The number of amides is 1. The lowest BCUT2D eigenvalue weighted by molar-refractivity contribution is 0.102. The van der Waals surface area contributed by atoms with Gasteiger partial charge in [0, 0.05) is 13.0 Å². The van der Waals surface area contributed by atoms with E-state index in [9.17, 15) is 4.79 Å². The number of carbonyl (C=O) groups is 1. The van der Waals surface area contributed by atoms with Gasteiger partial charge in [-0.2, -0.15) is 10.1 Å². The quantitative estimate of drug-likeness (QED) is 0.908. The third-order valence-electron chi connectivity index (χ3n) is 3.78. The van der Waals surface area contributed by atoms with Gasteiger partial charge >= 0.3 is 0 Å². The van der Waals surface area contributed by atoms with E-state index in [1.165, 1.54) is 11.3 Å². The molecule has 7 heteroatoms. The summed E-state index contributed by atoms with van der Waals surface area (Å²) in [6.45, 7) is 3.93. The molecule has 2 aromatic heterocycles. The molecule has 3 rings (SSSR count). The molecule has 0 aromatic carbocycles. The van der Waals surface area contributed by atoms with Gasteiger partial charge in [0.05, 0.1) is 4.88 Å². The molecule has 0 saturated carbocycles. The minimum Gasteiger partial charge on any atom is -0.317 e. The average Bonchev–Trinajstić information content (AvgIpc) is 3.07. The molecule has 0 atom stereocenters. The highest BCUT2D eigenvalue weighted by atomic mass is 32.1. The normalized spacial score (nSPS) is 16.1. The lowest BCUT2D eigenvalue weighted by atomic mass is 9.98. The topological polar surface area (TPSA) is 71.8 Å². The van der Waals surface area contributed by atoms with Gasteiger partial charge in [-0.05, 0) is 49.9 Å². The van der Waals surface area contributed by atoms with E-state index < -0.39 is 0 Å². The van der Waals surface area contributed by atoms with Crippen LogP contribution in [0.25, 0.3) is 0 Å². The van der Waals surface area contributed by atoms with Crippen LogP contribution >= 0.6 is 11.3 Å². The van der Waals surface area contributed by atoms with Gasteiger partial charge in [0.25, 0.3) is 5.91 Å². The zero-order valence-electron chi connectivity index (χ0n) is 12.2. The van der Waals surface area contributed by atoms with Crippen molar-refractivity contribution in [3.63, 3.8) is 0 Å². The molecule has 2 N–H and O–H groups in total. The van der Waals surface area contributed by atoms with Gasteiger partial charge in [-0.15, -0.1) is 11.3 Å². The fourth-order valence-corrected chi connectivity index (χ4v) is 3.35. The Hall–Kier alpha value is -1.73. The molecule has 1 saturated heterocycles. The van der Waals surface area contributed by atoms with Gasteiger partial charge in [-0.25, -0.2) is 4.68 Å². The van der Waals surface area contributed by atoms with Crippen molar-refractivity contribution in [2.45, 2.75) is 25.7 Å². The summed E-state index contributed by atoms with van der Waals surface area (Å²) < 4.78 is 1.65.